The van der Waals surface area contributed by atoms with Crippen LogP contribution in [0, 0.1) is 0 Å². The van der Waals surface area contributed by atoms with E-state index in [1.165, 1.54) is 6.92 Å². The molecule has 0 fully saturated rings. The zero-order valence-electron chi connectivity index (χ0n) is 10.3. The molecule has 1 rings (SSSR count). The minimum Gasteiger partial charge on any atom is -0.340 e. The summed E-state index contributed by atoms with van der Waals surface area (Å²) in [5, 5.41) is 8.02. The fraction of sp³-hybridized carbons (Fsp3) is 0.700. The van der Waals surface area contributed by atoms with Crippen LogP contribution >= 0.6 is 0 Å². The van der Waals surface area contributed by atoms with Gasteiger partial charge in [0.05, 0.1) is 19.3 Å². The third kappa shape index (κ3) is 3.98. The molecule has 6 heteroatoms. The summed E-state index contributed by atoms with van der Waals surface area (Å²) in [5.41, 5.74) is 0.816. The highest BCUT2D eigenvalue weighted by Gasteiger charge is 2.06. The van der Waals surface area contributed by atoms with Crippen molar-refractivity contribution in [2.75, 3.05) is 27.7 Å². The van der Waals surface area contributed by atoms with Crippen LogP contribution in [-0.4, -0.2) is 58.4 Å². The highest BCUT2D eigenvalue weighted by Crippen LogP contribution is 1.98. The molecule has 90 valence electrons. The Balaban J connectivity index is 2.48. The fourth-order valence-corrected chi connectivity index (χ4v) is 1.18. The molecule has 0 aliphatic heterocycles. The first-order chi connectivity index (χ1) is 7.49. The van der Waals surface area contributed by atoms with E-state index in [1.54, 1.807) is 16.6 Å². The molecular weight excluding hydrogens is 206 g/mol. The monoisotopic (exact) mass is 225 g/mol. The normalized spacial score (nSPS) is 10.8. The Bertz CT molecular complexity index is 347. The first-order valence-electron chi connectivity index (χ1n) is 5.24. The number of hydrogen-bond donors (Lipinski definition) is 0. The Morgan fingerprint density at radius 3 is 2.69 bits per heavy atom. The van der Waals surface area contributed by atoms with Crippen molar-refractivity contribution >= 4 is 5.91 Å². The third-order valence-electron chi connectivity index (χ3n) is 2.30. The van der Waals surface area contributed by atoms with Crippen LogP contribution < -0.4 is 0 Å². The smallest absolute Gasteiger partial charge is 0.219 e. The molecule has 1 aromatic heterocycles. The summed E-state index contributed by atoms with van der Waals surface area (Å²) < 4.78 is 1.79. The number of amides is 1. The molecule has 16 heavy (non-hydrogen) atoms. The van der Waals surface area contributed by atoms with Gasteiger partial charge in [-0.1, -0.05) is 5.21 Å². The summed E-state index contributed by atoms with van der Waals surface area (Å²) in [4.78, 5) is 14.7. The van der Waals surface area contributed by atoms with Crippen molar-refractivity contribution in [3.8, 4) is 0 Å². The number of aromatic nitrogens is 3. The number of rotatable bonds is 5. The van der Waals surface area contributed by atoms with Crippen molar-refractivity contribution in [3.63, 3.8) is 0 Å². The Kier molecular flexibility index (Phi) is 4.42. The van der Waals surface area contributed by atoms with E-state index < -0.39 is 0 Å². The summed E-state index contributed by atoms with van der Waals surface area (Å²) in [6.07, 6.45) is 1.88. The van der Waals surface area contributed by atoms with E-state index in [1.807, 2.05) is 20.3 Å². The molecule has 0 N–H and O–H groups in total. The standard InChI is InChI=1S/C10H19N5O/c1-9(16)14(4)7-10-8-15(12-11-10)6-5-13(2)3/h8H,5-7H2,1-4H3. The van der Waals surface area contributed by atoms with Crippen LogP contribution in [0.3, 0.4) is 0 Å². The molecule has 0 atom stereocenters. The molecule has 0 radical (unpaired) electrons. The lowest BCUT2D eigenvalue weighted by molar-refractivity contribution is -0.128. The van der Waals surface area contributed by atoms with Crippen molar-refractivity contribution in [1.29, 1.82) is 0 Å². The minimum atomic E-state index is 0.0304. The predicted molar refractivity (Wildman–Crippen MR) is 60.7 cm³/mol. The van der Waals surface area contributed by atoms with E-state index in [0.717, 1.165) is 18.8 Å². The van der Waals surface area contributed by atoms with Gasteiger partial charge < -0.3 is 9.80 Å². The van der Waals surface area contributed by atoms with Crippen LogP contribution in [0.2, 0.25) is 0 Å². The van der Waals surface area contributed by atoms with E-state index in [0.29, 0.717) is 6.54 Å². The summed E-state index contributed by atoms with van der Waals surface area (Å²) in [6.45, 7) is 3.78. The number of carbonyl (C=O) groups is 1. The van der Waals surface area contributed by atoms with Crippen LogP contribution in [0.1, 0.15) is 12.6 Å². The SMILES string of the molecule is CC(=O)N(C)Cc1cn(CCN(C)C)nn1. The summed E-state index contributed by atoms with van der Waals surface area (Å²) in [5.74, 6) is 0.0304. The second kappa shape index (κ2) is 5.60. The molecule has 0 saturated carbocycles. The first kappa shape index (κ1) is 12.6. The zero-order chi connectivity index (χ0) is 12.1. The lowest BCUT2D eigenvalue weighted by Crippen LogP contribution is -2.23. The van der Waals surface area contributed by atoms with Gasteiger partial charge in [0, 0.05) is 20.5 Å². The second-order valence-corrected chi connectivity index (χ2v) is 4.15. The van der Waals surface area contributed by atoms with Crippen molar-refractivity contribution in [2.24, 2.45) is 0 Å². The van der Waals surface area contributed by atoms with E-state index in [9.17, 15) is 4.79 Å². The number of likely N-dealkylation sites (N-methyl/N-ethyl adjacent to an activating group) is 1. The van der Waals surface area contributed by atoms with Crippen molar-refractivity contribution in [1.82, 2.24) is 24.8 Å². The van der Waals surface area contributed by atoms with Crippen LogP contribution in [-0.2, 0) is 17.9 Å². The van der Waals surface area contributed by atoms with Crippen LogP contribution in [0.4, 0.5) is 0 Å². The maximum absolute atomic E-state index is 11.0. The maximum Gasteiger partial charge on any atom is 0.219 e. The predicted octanol–water partition coefficient (Wildman–Crippen LogP) is -0.182. The topological polar surface area (TPSA) is 54.3 Å². The average molecular weight is 225 g/mol. The Hall–Kier alpha value is -1.43. The molecule has 0 spiro atoms. The molecule has 0 unspecified atom stereocenters. The molecule has 0 aromatic carbocycles. The van der Waals surface area contributed by atoms with Gasteiger partial charge in [0.1, 0.15) is 5.69 Å². The van der Waals surface area contributed by atoms with Crippen molar-refractivity contribution in [3.05, 3.63) is 11.9 Å². The highest BCUT2D eigenvalue weighted by molar-refractivity contribution is 5.72. The number of hydrogen-bond acceptors (Lipinski definition) is 4. The lowest BCUT2D eigenvalue weighted by Gasteiger charge is -2.11. The summed E-state index contributed by atoms with van der Waals surface area (Å²) >= 11 is 0. The fourth-order valence-electron chi connectivity index (χ4n) is 1.18. The minimum absolute atomic E-state index is 0.0304. The van der Waals surface area contributed by atoms with E-state index in [2.05, 4.69) is 15.2 Å². The molecule has 0 bridgehead atoms. The molecule has 1 heterocycles. The van der Waals surface area contributed by atoms with Gasteiger partial charge in [-0.3, -0.25) is 9.48 Å². The maximum atomic E-state index is 11.0. The largest absolute Gasteiger partial charge is 0.340 e. The van der Waals surface area contributed by atoms with Crippen molar-refractivity contribution in [2.45, 2.75) is 20.0 Å². The zero-order valence-corrected chi connectivity index (χ0v) is 10.3. The van der Waals surface area contributed by atoms with Crippen molar-refractivity contribution < 1.29 is 4.79 Å². The highest BCUT2D eigenvalue weighted by atomic mass is 16.2. The molecular formula is C10H19N5O. The molecule has 1 amide bonds. The summed E-state index contributed by atoms with van der Waals surface area (Å²) in [7, 11) is 5.78. The quantitative estimate of drug-likeness (QED) is 0.697. The van der Waals surface area contributed by atoms with Gasteiger partial charge in [0.15, 0.2) is 0 Å². The van der Waals surface area contributed by atoms with Gasteiger partial charge in [0.2, 0.25) is 5.91 Å². The number of carbonyl (C=O) groups excluding carboxylic acids is 1. The number of nitrogens with zero attached hydrogens (tertiary/aromatic N) is 5. The van der Waals surface area contributed by atoms with Gasteiger partial charge in [-0.05, 0) is 14.1 Å². The van der Waals surface area contributed by atoms with Gasteiger partial charge in [-0.15, -0.1) is 5.10 Å². The Morgan fingerprint density at radius 1 is 1.44 bits per heavy atom. The van der Waals surface area contributed by atoms with Gasteiger partial charge in [-0.2, -0.15) is 0 Å². The van der Waals surface area contributed by atoms with Crippen LogP contribution in [0.5, 0.6) is 0 Å². The molecule has 6 nitrogen and oxygen atoms in total. The van der Waals surface area contributed by atoms with E-state index in [4.69, 9.17) is 0 Å². The first-order valence-corrected chi connectivity index (χ1v) is 5.24. The lowest BCUT2D eigenvalue weighted by atomic mass is 10.4. The Labute approximate surface area is 95.8 Å². The van der Waals surface area contributed by atoms with E-state index in [-0.39, 0.29) is 5.91 Å². The van der Waals surface area contributed by atoms with Crippen LogP contribution in [0.25, 0.3) is 0 Å². The molecule has 0 aliphatic rings. The Morgan fingerprint density at radius 2 is 2.12 bits per heavy atom. The van der Waals surface area contributed by atoms with Gasteiger partial charge in [-0.25, -0.2) is 0 Å². The van der Waals surface area contributed by atoms with Crippen LogP contribution in [0.15, 0.2) is 6.20 Å². The second-order valence-electron chi connectivity index (χ2n) is 4.15. The average Bonchev–Trinajstić information content (AvgIpc) is 2.62. The van der Waals surface area contributed by atoms with Gasteiger partial charge >= 0.3 is 0 Å². The molecule has 1 aromatic rings. The van der Waals surface area contributed by atoms with E-state index >= 15 is 0 Å². The molecule has 0 aliphatic carbocycles. The molecule has 0 saturated heterocycles. The van der Waals surface area contributed by atoms with Gasteiger partial charge in [0.25, 0.3) is 0 Å². The third-order valence-corrected chi connectivity index (χ3v) is 2.30. The summed E-state index contributed by atoms with van der Waals surface area (Å²) in [6, 6.07) is 0.